The van der Waals surface area contributed by atoms with Crippen molar-refractivity contribution in [1.82, 2.24) is 0 Å². The molecule has 1 rings (SSSR count). The predicted octanol–water partition coefficient (Wildman–Crippen LogP) is 2.62. The van der Waals surface area contributed by atoms with Crippen LogP contribution >= 0.6 is 0 Å². The largest absolute Gasteiger partial charge is 0.324 e. The highest BCUT2D eigenvalue weighted by molar-refractivity contribution is 5.97. The lowest BCUT2D eigenvalue weighted by Crippen LogP contribution is -2.29. The van der Waals surface area contributed by atoms with Gasteiger partial charge in [-0.3, -0.25) is 4.79 Å². The molecule has 0 radical (unpaired) electrons. The van der Waals surface area contributed by atoms with Crippen LogP contribution in [0.4, 0.5) is 10.1 Å². The molecule has 0 heterocycles. The van der Waals surface area contributed by atoms with Crippen LogP contribution in [0.5, 0.6) is 0 Å². The van der Waals surface area contributed by atoms with E-state index in [9.17, 15) is 9.18 Å². The number of nitrogens with zero attached hydrogens (tertiary/aromatic N) is 1. The monoisotopic (exact) mass is 220 g/mol. The number of carbonyl (C=O) groups excluding carboxylic acids is 1. The minimum atomic E-state index is -1.13. The maximum atomic E-state index is 13.2. The molecule has 0 saturated heterocycles. The van der Waals surface area contributed by atoms with Crippen molar-refractivity contribution in [3.05, 3.63) is 29.6 Å². The van der Waals surface area contributed by atoms with Gasteiger partial charge in [0.2, 0.25) is 5.91 Å². The summed E-state index contributed by atoms with van der Waals surface area (Å²) in [5.41, 5.74) is -0.364. The van der Waals surface area contributed by atoms with Crippen molar-refractivity contribution in [3.63, 3.8) is 0 Å². The minimum absolute atomic E-state index is 0.365. The molecule has 0 aliphatic heterocycles. The van der Waals surface area contributed by atoms with E-state index in [0.29, 0.717) is 11.3 Å². The summed E-state index contributed by atoms with van der Waals surface area (Å²) in [6.45, 7) is 4.60. The molecular weight excluding hydrogens is 207 g/mol. The summed E-state index contributed by atoms with van der Waals surface area (Å²) in [7, 11) is 0. The van der Waals surface area contributed by atoms with Crippen molar-refractivity contribution in [2.24, 2.45) is 5.41 Å². The summed E-state index contributed by atoms with van der Waals surface area (Å²) in [5, 5.41) is 11.3. The number of rotatable bonds is 2. The van der Waals surface area contributed by atoms with Gasteiger partial charge in [-0.1, -0.05) is 6.07 Å². The van der Waals surface area contributed by atoms with Gasteiger partial charge in [-0.25, -0.2) is 4.39 Å². The summed E-state index contributed by atoms with van der Waals surface area (Å²) in [5.74, 6) is -0.823. The fourth-order valence-corrected chi connectivity index (χ4v) is 1.07. The Morgan fingerprint density at radius 2 is 2.12 bits per heavy atom. The van der Waals surface area contributed by atoms with Gasteiger partial charge < -0.3 is 5.32 Å². The second kappa shape index (κ2) is 4.31. The first-order chi connectivity index (χ1) is 7.38. The first-order valence-corrected chi connectivity index (χ1v) is 4.86. The van der Waals surface area contributed by atoms with Crippen molar-refractivity contribution < 1.29 is 9.18 Å². The number of amides is 1. The SMILES string of the molecule is Cc1c(F)cccc1NC(=O)C(C)(C)C#N. The Labute approximate surface area is 93.9 Å². The Morgan fingerprint density at radius 3 is 2.69 bits per heavy atom. The van der Waals surface area contributed by atoms with Gasteiger partial charge in [0.1, 0.15) is 11.2 Å². The number of carbonyl (C=O) groups is 1. The number of anilines is 1. The Morgan fingerprint density at radius 1 is 1.50 bits per heavy atom. The van der Waals surface area contributed by atoms with E-state index in [0.717, 1.165) is 0 Å². The van der Waals surface area contributed by atoms with Gasteiger partial charge in [0.05, 0.1) is 6.07 Å². The van der Waals surface area contributed by atoms with Crippen LogP contribution in [0, 0.1) is 29.5 Å². The number of halogens is 1. The second-order valence-electron chi connectivity index (χ2n) is 4.10. The van der Waals surface area contributed by atoms with Gasteiger partial charge in [0, 0.05) is 11.3 Å². The molecule has 1 amide bonds. The molecular formula is C12H13FN2O. The van der Waals surface area contributed by atoms with E-state index in [2.05, 4.69) is 5.32 Å². The van der Waals surface area contributed by atoms with Gasteiger partial charge >= 0.3 is 0 Å². The first kappa shape index (κ1) is 12.2. The van der Waals surface area contributed by atoms with Crippen LogP contribution in [0.2, 0.25) is 0 Å². The third-order valence-electron chi connectivity index (χ3n) is 2.36. The molecule has 0 unspecified atom stereocenters. The van der Waals surface area contributed by atoms with E-state index in [1.54, 1.807) is 13.0 Å². The van der Waals surface area contributed by atoms with E-state index < -0.39 is 11.3 Å². The van der Waals surface area contributed by atoms with E-state index >= 15 is 0 Å². The van der Waals surface area contributed by atoms with Crippen LogP contribution in [0.25, 0.3) is 0 Å². The first-order valence-electron chi connectivity index (χ1n) is 4.86. The quantitative estimate of drug-likeness (QED) is 0.832. The van der Waals surface area contributed by atoms with Crippen LogP contribution in [0.15, 0.2) is 18.2 Å². The average Bonchev–Trinajstić information content (AvgIpc) is 2.24. The summed E-state index contributed by atoms with van der Waals surface area (Å²) in [6, 6.07) is 6.32. The van der Waals surface area contributed by atoms with Crippen LogP contribution in [0.1, 0.15) is 19.4 Å². The molecule has 1 aromatic rings. The van der Waals surface area contributed by atoms with Crippen LogP contribution in [-0.4, -0.2) is 5.91 Å². The van der Waals surface area contributed by atoms with Gasteiger partial charge in [-0.2, -0.15) is 5.26 Å². The van der Waals surface area contributed by atoms with E-state index in [1.165, 1.54) is 26.0 Å². The Hall–Kier alpha value is -1.89. The van der Waals surface area contributed by atoms with Gasteiger partial charge in [0.15, 0.2) is 0 Å². The zero-order valence-corrected chi connectivity index (χ0v) is 9.47. The van der Waals surface area contributed by atoms with Gasteiger partial charge in [-0.05, 0) is 32.9 Å². The fourth-order valence-electron chi connectivity index (χ4n) is 1.07. The lowest BCUT2D eigenvalue weighted by atomic mass is 9.94. The van der Waals surface area contributed by atoms with Crippen LogP contribution in [-0.2, 0) is 4.79 Å². The molecule has 16 heavy (non-hydrogen) atoms. The number of hydrogen-bond acceptors (Lipinski definition) is 2. The number of hydrogen-bond donors (Lipinski definition) is 1. The Bertz CT molecular complexity index is 461. The van der Waals surface area contributed by atoms with Crippen molar-refractivity contribution >= 4 is 11.6 Å². The molecule has 3 nitrogen and oxygen atoms in total. The number of nitriles is 1. The average molecular weight is 220 g/mol. The zero-order chi connectivity index (χ0) is 12.3. The topological polar surface area (TPSA) is 52.9 Å². The lowest BCUT2D eigenvalue weighted by molar-refractivity contribution is -0.121. The lowest BCUT2D eigenvalue weighted by Gasteiger charge is -2.16. The van der Waals surface area contributed by atoms with E-state index in [4.69, 9.17) is 5.26 Å². The van der Waals surface area contributed by atoms with E-state index in [-0.39, 0.29) is 5.82 Å². The highest BCUT2D eigenvalue weighted by Crippen LogP contribution is 2.21. The molecule has 0 aliphatic carbocycles. The molecule has 0 aromatic heterocycles. The van der Waals surface area contributed by atoms with Gasteiger partial charge in [-0.15, -0.1) is 0 Å². The molecule has 0 fully saturated rings. The van der Waals surface area contributed by atoms with Crippen LogP contribution < -0.4 is 5.32 Å². The molecule has 0 saturated carbocycles. The molecule has 1 N–H and O–H groups in total. The third-order valence-corrected chi connectivity index (χ3v) is 2.36. The molecule has 84 valence electrons. The molecule has 1 aromatic carbocycles. The molecule has 0 atom stereocenters. The third kappa shape index (κ3) is 2.37. The van der Waals surface area contributed by atoms with Crippen molar-refractivity contribution in [3.8, 4) is 6.07 Å². The Balaban J connectivity index is 2.95. The minimum Gasteiger partial charge on any atom is -0.324 e. The molecule has 4 heteroatoms. The predicted molar refractivity (Wildman–Crippen MR) is 59.2 cm³/mol. The molecule has 0 spiro atoms. The Kier molecular flexibility index (Phi) is 3.28. The van der Waals surface area contributed by atoms with Gasteiger partial charge in [0.25, 0.3) is 0 Å². The summed E-state index contributed by atoms with van der Waals surface area (Å²) < 4.78 is 13.2. The maximum Gasteiger partial charge on any atom is 0.244 e. The standard InChI is InChI=1S/C12H13FN2O/c1-8-9(13)5-4-6-10(8)15-11(16)12(2,3)7-14/h4-6H,1-3H3,(H,15,16). The number of benzene rings is 1. The van der Waals surface area contributed by atoms with Crippen LogP contribution in [0.3, 0.4) is 0 Å². The van der Waals surface area contributed by atoms with Crippen molar-refractivity contribution in [1.29, 1.82) is 5.26 Å². The van der Waals surface area contributed by atoms with Crippen molar-refractivity contribution in [2.45, 2.75) is 20.8 Å². The normalized spacial score (nSPS) is 10.7. The summed E-state index contributed by atoms with van der Waals surface area (Å²) >= 11 is 0. The molecule has 0 aliphatic rings. The fraction of sp³-hybridized carbons (Fsp3) is 0.333. The summed E-state index contributed by atoms with van der Waals surface area (Å²) in [4.78, 5) is 11.7. The number of nitrogens with one attached hydrogen (secondary N) is 1. The zero-order valence-electron chi connectivity index (χ0n) is 9.47. The second-order valence-corrected chi connectivity index (χ2v) is 4.10. The maximum absolute atomic E-state index is 13.2. The summed E-state index contributed by atoms with van der Waals surface area (Å²) in [6.07, 6.45) is 0. The van der Waals surface area contributed by atoms with Crippen molar-refractivity contribution in [2.75, 3.05) is 5.32 Å². The smallest absolute Gasteiger partial charge is 0.244 e. The highest BCUT2D eigenvalue weighted by atomic mass is 19.1. The highest BCUT2D eigenvalue weighted by Gasteiger charge is 2.27. The molecule has 0 bridgehead atoms. The van der Waals surface area contributed by atoms with E-state index in [1.807, 2.05) is 6.07 Å².